The average Bonchev–Trinajstić information content (AvgIpc) is 2.65. The lowest BCUT2D eigenvalue weighted by atomic mass is 10.1. The number of ether oxygens (including phenoxy) is 2. The molecule has 0 amide bonds. The number of benzene rings is 2. The number of allylic oxidation sites excluding steroid dienone is 1. The lowest BCUT2D eigenvalue weighted by Gasteiger charge is -2.04. The van der Waals surface area contributed by atoms with Gasteiger partial charge in [0.2, 0.25) is 0 Å². The van der Waals surface area contributed by atoms with Crippen LogP contribution in [-0.2, 0) is 22.4 Å². The number of carbonyl (C=O) groups excluding carboxylic acids is 1. The van der Waals surface area contributed by atoms with E-state index in [1.807, 2.05) is 49.4 Å². The second-order valence-corrected chi connectivity index (χ2v) is 5.71. The zero-order valence-electron chi connectivity index (χ0n) is 15.6. The van der Waals surface area contributed by atoms with Crippen LogP contribution >= 0.6 is 0 Å². The highest BCUT2D eigenvalue weighted by Crippen LogP contribution is 2.26. The van der Waals surface area contributed by atoms with Gasteiger partial charge in [-0.3, -0.25) is 4.79 Å². The minimum absolute atomic E-state index is 0.0940. The lowest BCUT2D eigenvalue weighted by molar-refractivity contribution is -0.143. The number of aromatic hydroxyl groups is 1. The zero-order valence-corrected chi connectivity index (χ0v) is 15.6. The van der Waals surface area contributed by atoms with Crippen LogP contribution in [0.4, 0.5) is 0 Å². The third kappa shape index (κ3) is 8.38. The maximum Gasteiger partial charge on any atom is 0.305 e. The smallest absolute Gasteiger partial charge is 0.305 e. The molecule has 0 aromatic heterocycles. The Morgan fingerprint density at radius 3 is 2.50 bits per heavy atom. The van der Waals surface area contributed by atoms with Gasteiger partial charge in [-0.2, -0.15) is 0 Å². The summed E-state index contributed by atoms with van der Waals surface area (Å²) >= 11 is 0. The number of rotatable bonds is 8. The van der Waals surface area contributed by atoms with E-state index >= 15 is 0 Å². The van der Waals surface area contributed by atoms with Crippen LogP contribution in [0.25, 0.3) is 0 Å². The molecule has 26 heavy (non-hydrogen) atoms. The summed E-state index contributed by atoms with van der Waals surface area (Å²) in [6.45, 7) is 6.09. The number of methoxy groups -OCH3 is 1. The minimum Gasteiger partial charge on any atom is -0.504 e. The van der Waals surface area contributed by atoms with Crippen molar-refractivity contribution in [1.29, 1.82) is 0 Å². The Balaban J connectivity index is 0.000000263. The molecule has 4 nitrogen and oxygen atoms in total. The molecule has 0 spiro atoms. The molecule has 0 fully saturated rings. The van der Waals surface area contributed by atoms with Gasteiger partial charge in [0.1, 0.15) is 0 Å². The summed E-state index contributed by atoms with van der Waals surface area (Å²) in [6, 6.07) is 15.3. The zero-order chi connectivity index (χ0) is 19.2. The Hall–Kier alpha value is -2.75. The van der Waals surface area contributed by atoms with Crippen LogP contribution < -0.4 is 4.74 Å². The van der Waals surface area contributed by atoms with Crippen molar-refractivity contribution in [3.63, 3.8) is 0 Å². The quantitative estimate of drug-likeness (QED) is 0.550. The topological polar surface area (TPSA) is 55.8 Å². The predicted molar refractivity (Wildman–Crippen MR) is 105 cm³/mol. The van der Waals surface area contributed by atoms with Crippen LogP contribution in [0.15, 0.2) is 61.2 Å². The second kappa shape index (κ2) is 12.6. The van der Waals surface area contributed by atoms with Crippen molar-refractivity contribution in [2.45, 2.75) is 32.6 Å². The third-order valence-electron chi connectivity index (χ3n) is 3.57. The van der Waals surface area contributed by atoms with Gasteiger partial charge in [0.05, 0.1) is 13.7 Å². The molecular weight excluding hydrogens is 328 g/mol. The molecule has 0 aliphatic heterocycles. The largest absolute Gasteiger partial charge is 0.504 e. The molecule has 0 unspecified atom stereocenters. The van der Waals surface area contributed by atoms with Crippen molar-refractivity contribution >= 4 is 5.97 Å². The fourth-order valence-electron chi connectivity index (χ4n) is 2.22. The van der Waals surface area contributed by atoms with E-state index in [2.05, 4.69) is 6.58 Å². The first-order chi connectivity index (χ1) is 12.6. The van der Waals surface area contributed by atoms with E-state index < -0.39 is 0 Å². The van der Waals surface area contributed by atoms with E-state index in [4.69, 9.17) is 9.47 Å². The monoisotopic (exact) mass is 356 g/mol. The molecule has 0 bridgehead atoms. The SMILES string of the molecule is C=CCc1ccc(O)c(OC)c1.CCCC(=O)OCCc1ccccc1. The van der Waals surface area contributed by atoms with Crippen molar-refractivity contribution in [2.24, 2.45) is 0 Å². The molecule has 2 aromatic carbocycles. The van der Waals surface area contributed by atoms with E-state index in [0.717, 1.165) is 24.8 Å². The second-order valence-electron chi connectivity index (χ2n) is 5.71. The molecule has 0 saturated heterocycles. The van der Waals surface area contributed by atoms with Gasteiger partial charge in [0, 0.05) is 12.8 Å². The number of phenolic OH excluding ortho intramolecular Hbond substituents is 1. The molecule has 2 rings (SSSR count). The lowest BCUT2D eigenvalue weighted by Crippen LogP contribution is -2.06. The summed E-state index contributed by atoms with van der Waals surface area (Å²) in [5, 5.41) is 9.25. The Kier molecular flexibility index (Phi) is 10.3. The molecule has 4 heteroatoms. The summed E-state index contributed by atoms with van der Waals surface area (Å²) in [7, 11) is 1.53. The molecule has 0 aliphatic carbocycles. The van der Waals surface area contributed by atoms with Gasteiger partial charge in [-0.05, 0) is 36.1 Å². The average molecular weight is 356 g/mol. The van der Waals surface area contributed by atoms with Crippen LogP contribution in [0.1, 0.15) is 30.9 Å². The Morgan fingerprint density at radius 2 is 1.88 bits per heavy atom. The van der Waals surface area contributed by atoms with E-state index in [1.165, 1.54) is 12.7 Å². The Labute approximate surface area is 156 Å². The molecule has 0 heterocycles. The highest BCUT2D eigenvalue weighted by atomic mass is 16.5. The van der Waals surface area contributed by atoms with Gasteiger partial charge in [-0.15, -0.1) is 6.58 Å². The van der Waals surface area contributed by atoms with Gasteiger partial charge in [-0.25, -0.2) is 0 Å². The first-order valence-corrected chi connectivity index (χ1v) is 8.77. The molecule has 0 saturated carbocycles. The van der Waals surface area contributed by atoms with Crippen molar-refractivity contribution in [2.75, 3.05) is 13.7 Å². The van der Waals surface area contributed by atoms with Crippen molar-refractivity contribution in [3.8, 4) is 11.5 Å². The van der Waals surface area contributed by atoms with E-state index in [-0.39, 0.29) is 11.7 Å². The van der Waals surface area contributed by atoms with Gasteiger partial charge in [-0.1, -0.05) is 49.4 Å². The van der Waals surface area contributed by atoms with Crippen LogP contribution in [-0.4, -0.2) is 24.8 Å². The normalized spacial score (nSPS) is 9.62. The van der Waals surface area contributed by atoms with Crippen LogP contribution in [0.3, 0.4) is 0 Å². The highest BCUT2D eigenvalue weighted by molar-refractivity contribution is 5.69. The van der Waals surface area contributed by atoms with Gasteiger partial charge in [0.15, 0.2) is 11.5 Å². The van der Waals surface area contributed by atoms with Crippen molar-refractivity contribution in [3.05, 3.63) is 72.3 Å². The third-order valence-corrected chi connectivity index (χ3v) is 3.57. The summed E-state index contributed by atoms with van der Waals surface area (Å²) in [5.74, 6) is 0.586. The summed E-state index contributed by atoms with van der Waals surface area (Å²) in [4.78, 5) is 11.0. The molecule has 0 atom stereocenters. The fraction of sp³-hybridized carbons (Fsp3) is 0.318. The molecule has 0 radical (unpaired) electrons. The van der Waals surface area contributed by atoms with Crippen LogP contribution in [0.5, 0.6) is 11.5 Å². The molecular formula is C22H28O4. The van der Waals surface area contributed by atoms with E-state index in [1.54, 1.807) is 12.1 Å². The summed E-state index contributed by atoms with van der Waals surface area (Å²) in [6.07, 6.45) is 4.78. The fourth-order valence-corrected chi connectivity index (χ4v) is 2.22. The molecule has 2 aromatic rings. The van der Waals surface area contributed by atoms with Crippen molar-refractivity contribution < 1.29 is 19.4 Å². The maximum atomic E-state index is 11.0. The van der Waals surface area contributed by atoms with Crippen molar-refractivity contribution in [1.82, 2.24) is 0 Å². The first kappa shape index (κ1) is 21.3. The van der Waals surface area contributed by atoms with E-state index in [9.17, 15) is 9.90 Å². The van der Waals surface area contributed by atoms with Gasteiger partial charge < -0.3 is 14.6 Å². The Morgan fingerprint density at radius 1 is 1.15 bits per heavy atom. The van der Waals surface area contributed by atoms with Crippen LogP contribution in [0, 0.1) is 0 Å². The molecule has 140 valence electrons. The minimum atomic E-state index is -0.0940. The Bertz CT molecular complexity index is 665. The molecule has 1 N–H and O–H groups in total. The maximum absolute atomic E-state index is 11.0. The first-order valence-electron chi connectivity index (χ1n) is 8.77. The number of esters is 1. The number of carbonyl (C=O) groups is 1. The van der Waals surface area contributed by atoms with E-state index in [0.29, 0.717) is 18.8 Å². The van der Waals surface area contributed by atoms with Gasteiger partial charge >= 0.3 is 5.97 Å². The predicted octanol–water partition coefficient (Wildman–Crippen LogP) is 4.70. The number of hydrogen-bond donors (Lipinski definition) is 1. The number of phenols is 1. The van der Waals surface area contributed by atoms with Crippen LogP contribution in [0.2, 0.25) is 0 Å². The number of hydrogen-bond acceptors (Lipinski definition) is 4. The van der Waals surface area contributed by atoms with Gasteiger partial charge in [0.25, 0.3) is 0 Å². The molecule has 0 aliphatic rings. The highest BCUT2D eigenvalue weighted by Gasteiger charge is 2.01. The summed E-state index contributed by atoms with van der Waals surface area (Å²) < 4.78 is 10.00. The summed E-state index contributed by atoms with van der Waals surface area (Å²) in [5.41, 5.74) is 2.29. The standard InChI is InChI=1S/C12H16O2.C10H12O2/c1-2-6-12(13)14-10-9-11-7-4-3-5-8-11;1-3-4-8-5-6-9(11)10(7-8)12-2/h3-5,7-8H,2,6,9-10H2,1H3;3,5-7,11H,1,4H2,2H3.